The van der Waals surface area contributed by atoms with Crippen LogP contribution in [0.5, 0.6) is 0 Å². The van der Waals surface area contributed by atoms with Crippen LogP contribution in [0.3, 0.4) is 0 Å². The Bertz CT molecular complexity index is 1340. The molecule has 4 aromatic carbocycles. The highest BCUT2D eigenvalue weighted by molar-refractivity contribution is 7.89. The topological polar surface area (TPSA) is 75.3 Å². The third-order valence-corrected chi connectivity index (χ3v) is 6.98. The Hall–Kier alpha value is -3.74. The van der Waals surface area contributed by atoms with Gasteiger partial charge in [-0.25, -0.2) is 13.1 Å². The SMILES string of the molecule is Cc1ccc(S(=O)(=O)N[C@H](CC(=O)Nc2ccc(-c3ccccc3)cc2)c2ccccc2)cc1. The summed E-state index contributed by atoms with van der Waals surface area (Å²) in [5.41, 5.74) is 4.48. The van der Waals surface area contributed by atoms with Crippen LogP contribution < -0.4 is 10.0 Å². The molecule has 0 radical (unpaired) electrons. The van der Waals surface area contributed by atoms with Crippen LogP contribution in [-0.4, -0.2) is 14.3 Å². The molecule has 0 bridgehead atoms. The molecule has 6 heteroatoms. The van der Waals surface area contributed by atoms with Gasteiger partial charge in [-0.3, -0.25) is 4.79 Å². The zero-order valence-electron chi connectivity index (χ0n) is 18.8. The summed E-state index contributed by atoms with van der Waals surface area (Å²) in [6.07, 6.45) is -0.0461. The molecule has 0 spiro atoms. The van der Waals surface area contributed by atoms with Crippen molar-refractivity contribution < 1.29 is 13.2 Å². The molecule has 0 unspecified atom stereocenters. The van der Waals surface area contributed by atoms with E-state index in [0.717, 1.165) is 16.7 Å². The largest absolute Gasteiger partial charge is 0.326 e. The van der Waals surface area contributed by atoms with Crippen LogP contribution in [0, 0.1) is 6.92 Å². The van der Waals surface area contributed by atoms with E-state index in [1.165, 1.54) is 0 Å². The predicted octanol–water partition coefficient (Wildman–Crippen LogP) is 5.71. The minimum atomic E-state index is -3.81. The third-order valence-electron chi connectivity index (χ3n) is 5.50. The Balaban J connectivity index is 1.49. The highest BCUT2D eigenvalue weighted by Crippen LogP contribution is 2.24. The molecule has 0 aromatic heterocycles. The average molecular weight is 471 g/mol. The molecule has 34 heavy (non-hydrogen) atoms. The lowest BCUT2D eigenvalue weighted by Crippen LogP contribution is -2.31. The number of anilines is 1. The third kappa shape index (κ3) is 5.98. The van der Waals surface area contributed by atoms with E-state index in [2.05, 4.69) is 10.0 Å². The molecule has 1 amide bonds. The van der Waals surface area contributed by atoms with Crippen molar-refractivity contribution >= 4 is 21.6 Å². The van der Waals surface area contributed by atoms with Gasteiger partial charge in [-0.05, 0) is 47.9 Å². The molecule has 0 aliphatic carbocycles. The molecule has 0 saturated heterocycles. The standard InChI is InChI=1S/C28H26N2O3S/c1-21-12-18-26(19-13-21)34(32,33)30-27(24-10-6-3-7-11-24)20-28(31)29-25-16-14-23(15-17-25)22-8-4-2-5-9-22/h2-19,27,30H,20H2,1H3,(H,29,31)/t27-/m1/s1. The van der Waals surface area contributed by atoms with Crippen molar-refractivity contribution in [1.82, 2.24) is 4.72 Å². The fraction of sp³-hybridized carbons (Fsp3) is 0.107. The molecule has 5 nitrogen and oxygen atoms in total. The van der Waals surface area contributed by atoms with Gasteiger partial charge in [0.25, 0.3) is 0 Å². The first kappa shape index (κ1) is 23.4. The summed E-state index contributed by atoms with van der Waals surface area (Å²) in [4.78, 5) is 13.0. The maximum Gasteiger partial charge on any atom is 0.241 e. The average Bonchev–Trinajstić information content (AvgIpc) is 2.85. The molecular weight excluding hydrogens is 444 g/mol. The van der Waals surface area contributed by atoms with E-state index >= 15 is 0 Å². The van der Waals surface area contributed by atoms with Gasteiger partial charge in [-0.15, -0.1) is 0 Å². The van der Waals surface area contributed by atoms with Gasteiger partial charge in [-0.1, -0.05) is 90.5 Å². The molecule has 1 atom stereocenters. The first-order chi connectivity index (χ1) is 16.4. The second-order valence-corrected chi connectivity index (χ2v) is 9.81. The van der Waals surface area contributed by atoms with Gasteiger partial charge in [0.15, 0.2) is 0 Å². The highest BCUT2D eigenvalue weighted by Gasteiger charge is 2.24. The molecule has 4 aromatic rings. The van der Waals surface area contributed by atoms with Crippen molar-refractivity contribution in [2.24, 2.45) is 0 Å². The summed E-state index contributed by atoms with van der Waals surface area (Å²) in [6.45, 7) is 1.90. The summed E-state index contributed by atoms with van der Waals surface area (Å²) in [5.74, 6) is -0.284. The number of hydrogen-bond donors (Lipinski definition) is 2. The Kier molecular flexibility index (Phi) is 7.21. The maximum absolute atomic E-state index is 13.0. The Morgan fingerprint density at radius 1 is 0.735 bits per heavy atom. The molecule has 0 saturated carbocycles. The molecule has 0 heterocycles. The molecule has 0 aliphatic rings. The van der Waals surface area contributed by atoms with Crippen molar-refractivity contribution in [2.45, 2.75) is 24.3 Å². The number of hydrogen-bond acceptors (Lipinski definition) is 3. The second-order valence-electron chi connectivity index (χ2n) is 8.09. The van der Waals surface area contributed by atoms with Crippen LogP contribution in [0.2, 0.25) is 0 Å². The van der Waals surface area contributed by atoms with E-state index in [0.29, 0.717) is 11.3 Å². The zero-order chi connectivity index (χ0) is 24.0. The van der Waals surface area contributed by atoms with Gasteiger partial charge >= 0.3 is 0 Å². The zero-order valence-corrected chi connectivity index (χ0v) is 19.6. The fourth-order valence-corrected chi connectivity index (χ4v) is 4.88. The van der Waals surface area contributed by atoms with E-state index < -0.39 is 16.1 Å². The number of aryl methyl sites for hydroxylation is 1. The van der Waals surface area contributed by atoms with Crippen LogP contribution in [0.15, 0.2) is 114 Å². The molecular formula is C28H26N2O3S. The van der Waals surface area contributed by atoms with Gasteiger partial charge in [0.05, 0.1) is 10.9 Å². The summed E-state index contributed by atoms with van der Waals surface area (Å²) >= 11 is 0. The number of rotatable bonds is 8. The van der Waals surface area contributed by atoms with E-state index in [1.54, 1.807) is 24.3 Å². The lowest BCUT2D eigenvalue weighted by Gasteiger charge is -2.19. The highest BCUT2D eigenvalue weighted by atomic mass is 32.2. The van der Waals surface area contributed by atoms with Gasteiger partial charge < -0.3 is 5.32 Å². The van der Waals surface area contributed by atoms with E-state index in [1.807, 2.05) is 91.9 Å². The minimum absolute atomic E-state index is 0.0461. The first-order valence-electron chi connectivity index (χ1n) is 11.0. The van der Waals surface area contributed by atoms with Crippen LogP contribution >= 0.6 is 0 Å². The van der Waals surface area contributed by atoms with Gasteiger partial charge in [0, 0.05) is 12.1 Å². The molecule has 4 rings (SSSR count). The quantitative estimate of drug-likeness (QED) is 0.346. The number of benzene rings is 4. The van der Waals surface area contributed by atoms with Gasteiger partial charge in [-0.2, -0.15) is 0 Å². The smallest absolute Gasteiger partial charge is 0.241 e. The molecule has 172 valence electrons. The van der Waals surface area contributed by atoms with Crippen molar-refractivity contribution in [3.63, 3.8) is 0 Å². The van der Waals surface area contributed by atoms with Crippen LogP contribution in [0.1, 0.15) is 23.6 Å². The monoisotopic (exact) mass is 470 g/mol. The Labute approximate surface area is 200 Å². The summed E-state index contributed by atoms with van der Waals surface area (Å²) < 4.78 is 28.7. The number of carbonyl (C=O) groups excluding carboxylic acids is 1. The van der Waals surface area contributed by atoms with Crippen LogP contribution in [0.25, 0.3) is 11.1 Å². The molecule has 0 aliphatic heterocycles. The lowest BCUT2D eigenvalue weighted by atomic mass is 10.0. The number of nitrogens with one attached hydrogen (secondary N) is 2. The lowest BCUT2D eigenvalue weighted by molar-refractivity contribution is -0.116. The first-order valence-corrected chi connectivity index (χ1v) is 12.5. The summed E-state index contributed by atoms with van der Waals surface area (Å²) in [5, 5.41) is 2.88. The summed E-state index contributed by atoms with van der Waals surface area (Å²) in [7, 11) is -3.81. The van der Waals surface area contributed by atoms with Crippen molar-refractivity contribution in [2.75, 3.05) is 5.32 Å². The number of sulfonamides is 1. The van der Waals surface area contributed by atoms with Crippen molar-refractivity contribution in [3.8, 4) is 11.1 Å². The maximum atomic E-state index is 13.0. The van der Waals surface area contributed by atoms with Crippen LogP contribution in [-0.2, 0) is 14.8 Å². The summed E-state index contributed by atoms with van der Waals surface area (Å²) in [6, 6.07) is 32.6. The molecule has 2 N–H and O–H groups in total. The minimum Gasteiger partial charge on any atom is -0.326 e. The fourth-order valence-electron chi connectivity index (χ4n) is 3.66. The van der Waals surface area contributed by atoms with Crippen LogP contribution in [0.4, 0.5) is 5.69 Å². The predicted molar refractivity (Wildman–Crippen MR) is 136 cm³/mol. The second kappa shape index (κ2) is 10.5. The van der Waals surface area contributed by atoms with E-state index in [4.69, 9.17) is 0 Å². The van der Waals surface area contributed by atoms with Gasteiger partial charge in [0.1, 0.15) is 0 Å². The Morgan fingerprint density at radius 3 is 1.91 bits per heavy atom. The van der Waals surface area contributed by atoms with Crippen molar-refractivity contribution in [3.05, 3.63) is 120 Å². The number of carbonyl (C=O) groups is 1. The van der Waals surface area contributed by atoms with Gasteiger partial charge in [0.2, 0.25) is 15.9 Å². The van der Waals surface area contributed by atoms with E-state index in [-0.39, 0.29) is 17.2 Å². The Morgan fingerprint density at radius 2 is 1.29 bits per heavy atom. The van der Waals surface area contributed by atoms with Crippen molar-refractivity contribution in [1.29, 1.82) is 0 Å². The normalized spacial score (nSPS) is 12.1. The van der Waals surface area contributed by atoms with E-state index in [9.17, 15) is 13.2 Å². The number of amides is 1. The molecule has 0 fully saturated rings.